The Kier molecular flexibility index (Phi) is 7.34. The minimum Gasteiger partial charge on any atom is -0.396 e. The Morgan fingerprint density at radius 2 is 1.92 bits per heavy atom. The highest BCUT2D eigenvalue weighted by Gasteiger charge is 2.72. The Morgan fingerprint density at radius 3 is 2.39 bits per heavy atom. The first-order valence-corrected chi connectivity index (χ1v) is 11.8. The number of halogens is 3. The maximum absolute atomic E-state index is 13.5. The molecule has 0 bridgehead atoms. The standard InChI is InChI=1S/C23H32F3N5O5/c1-21(2,3)16(30-20(36)23(24,25)26)19(35)31-9-13-14(22(13,4)10-32)15(31)18(34)29-12(8-27)7-11-5-6-28-17(11)33/h11-16,32H,5-7,9-10H2,1-4H3,(H,28,33)(H,29,34)(H,30,36)/t11-,12-,13?,14-,15-,16+,22-/m0/s1. The number of alkyl halides is 3. The van der Waals surface area contributed by atoms with Crippen LogP contribution < -0.4 is 16.0 Å². The second-order valence-electron chi connectivity index (χ2n) is 11.2. The quantitative estimate of drug-likeness (QED) is 0.377. The molecule has 4 N–H and O–H groups in total. The Bertz CT molecular complexity index is 975. The third-order valence-corrected chi connectivity index (χ3v) is 7.70. The van der Waals surface area contributed by atoms with Crippen LogP contribution in [0.3, 0.4) is 0 Å². The third-order valence-electron chi connectivity index (χ3n) is 7.70. The normalized spacial score (nSPS) is 31.1. The minimum atomic E-state index is -5.20. The van der Waals surface area contributed by atoms with Gasteiger partial charge < -0.3 is 26.0 Å². The zero-order valence-electron chi connectivity index (χ0n) is 20.6. The predicted octanol–water partition coefficient (Wildman–Crippen LogP) is 0.0696. The highest BCUT2D eigenvalue weighted by atomic mass is 19.4. The monoisotopic (exact) mass is 515 g/mol. The number of nitriles is 1. The van der Waals surface area contributed by atoms with Gasteiger partial charge in [0, 0.05) is 36.9 Å². The van der Waals surface area contributed by atoms with Gasteiger partial charge in [-0.15, -0.1) is 0 Å². The van der Waals surface area contributed by atoms with Crippen molar-refractivity contribution in [2.75, 3.05) is 19.7 Å². The van der Waals surface area contributed by atoms with Crippen molar-refractivity contribution in [1.29, 1.82) is 5.26 Å². The lowest BCUT2D eigenvalue weighted by atomic mass is 9.85. The first-order chi connectivity index (χ1) is 16.6. The van der Waals surface area contributed by atoms with Gasteiger partial charge in [0.25, 0.3) is 0 Å². The first kappa shape index (κ1) is 27.7. The summed E-state index contributed by atoms with van der Waals surface area (Å²) in [6.45, 7) is 6.45. The number of piperidine rings is 1. The topological polar surface area (TPSA) is 152 Å². The lowest BCUT2D eigenvalue weighted by molar-refractivity contribution is -0.176. The van der Waals surface area contributed by atoms with Crippen LogP contribution in [0.25, 0.3) is 0 Å². The van der Waals surface area contributed by atoms with Gasteiger partial charge >= 0.3 is 12.1 Å². The number of nitrogens with zero attached hydrogens (tertiary/aromatic N) is 2. The summed E-state index contributed by atoms with van der Waals surface area (Å²) in [4.78, 5) is 51.6. The van der Waals surface area contributed by atoms with Gasteiger partial charge in [-0.1, -0.05) is 27.7 Å². The van der Waals surface area contributed by atoms with Gasteiger partial charge in [-0.2, -0.15) is 18.4 Å². The maximum Gasteiger partial charge on any atom is 0.471 e. The fourth-order valence-electron chi connectivity index (χ4n) is 5.46. The second kappa shape index (κ2) is 9.53. The van der Waals surface area contributed by atoms with Crippen LogP contribution in [-0.2, 0) is 19.2 Å². The molecule has 2 aliphatic heterocycles. The van der Waals surface area contributed by atoms with Crippen molar-refractivity contribution in [3.63, 3.8) is 0 Å². The van der Waals surface area contributed by atoms with E-state index in [1.807, 2.05) is 6.07 Å². The van der Waals surface area contributed by atoms with Crippen LogP contribution in [0.2, 0.25) is 0 Å². The number of nitrogens with one attached hydrogen (secondary N) is 3. The molecule has 4 amide bonds. The third kappa shape index (κ3) is 5.14. The number of fused-ring (bicyclic) bond motifs is 1. The molecule has 1 aliphatic carbocycles. The van der Waals surface area contributed by atoms with E-state index < -0.39 is 64.7 Å². The van der Waals surface area contributed by atoms with Gasteiger partial charge in [0.2, 0.25) is 17.7 Å². The van der Waals surface area contributed by atoms with Crippen LogP contribution in [0.15, 0.2) is 0 Å². The molecule has 0 spiro atoms. The molecule has 13 heteroatoms. The number of hydrogen-bond donors (Lipinski definition) is 4. The SMILES string of the molecule is CC(C)(C)[C@H](NC(=O)C(F)(F)F)C(=O)N1CC2[C@@H]([C@H]1C(=O)N[C@H](C#N)C[C@@H]1CCNC1=O)[C@@]2(C)CO. The largest absolute Gasteiger partial charge is 0.471 e. The molecule has 2 saturated heterocycles. The first-order valence-electron chi connectivity index (χ1n) is 11.8. The van der Waals surface area contributed by atoms with E-state index >= 15 is 0 Å². The van der Waals surface area contributed by atoms with Gasteiger partial charge in [-0.3, -0.25) is 19.2 Å². The van der Waals surface area contributed by atoms with Crippen molar-refractivity contribution in [1.82, 2.24) is 20.9 Å². The van der Waals surface area contributed by atoms with Crippen molar-refractivity contribution in [3.8, 4) is 6.07 Å². The van der Waals surface area contributed by atoms with E-state index in [0.717, 1.165) is 4.90 Å². The number of likely N-dealkylation sites (tertiary alicyclic amines) is 1. The van der Waals surface area contributed by atoms with Gasteiger partial charge in [0.05, 0.1) is 6.07 Å². The molecule has 3 aliphatic rings. The maximum atomic E-state index is 13.5. The fourth-order valence-corrected chi connectivity index (χ4v) is 5.46. The smallest absolute Gasteiger partial charge is 0.396 e. The van der Waals surface area contributed by atoms with Crippen molar-refractivity contribution in [2.24, 2.45) is 28.6 Å². The number of aliphatic hydroxyl groups excluding tert-OH is 1. The van der Waals surface area contributed by atoms with Gasteiger partial charge in [0.1, 0.15) is 18.1 Å². The Morgan fingerprint density at radius 1 is 1.28 bits per heavy atom. The average molecular weight is 516 g/mol. The van der Waals surface area contributed by atoms with Crippen molar-refractivity contribution >= 4 is 23.6 Å². The van der Waals surface area contributed by atoms with Crippen LogP contribution in [-0.4, -0.2) is 77.6 Å². The summed E-state index contributed by atoms with van der Waals surface area (Å²) < 4.78 is 38.8. The Labute approximate surface area is 206 Å². The molecule has 7 atom stereocenters. The Balaban J connectivity index is 1.83. The summed E-state index contributed by atoms with van der Waals surface area (Å²) in [6.07, 6.45) is -4.61. The van der Waals surface area contributed by atoms with Crippen LogP contribution in [0.5, 0.6) is 0 Å². The lowest BCUT2D eigenvalue weighted by Crippen LogP contribution is -2.61. The molecule has 1 saturated carbocycles. The number of carbonyl (C=O) groups excluding carboxylic acids is 4. The molecule has 1 unspecified atom stereocenters. The Hall–Kier alpha value is -2.88. The summed E-state index contributed by atoms with van der Waals surface area (Å²) >= 11 is 0. The van der Waals surface area contributed by atoms with E-state index in [-0.39, 0.29) is 31.4 Å². The summed E-state index contributed by atoms with van der Waals surface area (Å²) in [6, 6.07) is -1.80. The van der Waals surface area contributed by atoms with Crippen LogP contribution in [0, 0.1) is 39.9 Å². The molecule has 0 aromatic heterocycles. The van der Waals surface area contributed by atoms with Crippen molar-refractivity contribution < 1.29 is 37.5 Å². The van der Waals surface area contributed by atoms with E-state index in [1.165, 1.54) is 20.8 Å². The molecule has 0 aromatic carbocycles. The zero-order valence-corrected chi connectivity index (χ0v) is 20.6. The predicted molar refractivity (Wildman–Crippen MR) is 118 cm³/mol. The van der Waals surface area contributed by atoms with Gasteiger partial charge in [-0.25, -0.2) is 0 Å². The summed E-state index contributed by atoms with van der Waals surface area (Å²) in [5, 5.41) is 26.4. The second-order valence-corrected chi connectivity index (χ2v) is 11.2. The van der Waals surface area contributed by atoms with Crippen molar-refractivity contribution in [2.45, 2.75) is 64.8 Å². The molecule has 3 fully saturated rings. The highest BCUT2D eigenvalue weighted by Crippen LogP contribution is 2.65. The number of rotatable bonds is 7. The summed E-state index contributed by atoms with van der Waals surface area (Å²) in [7, 11) is 0. The lowest BCUT2D eigenvalue weighted by Gasteiger charge is -2.38. The molecule has 0 radical (unpaired) electrons. The molecule has 36 heavy (non-hydrogen) atoms. The van der Waals surface area contributed by atoms with E-state index in [9.17, 15) is 42.7 Å². The number of amides is 4. The zero-order chi connectivity index (χ0) is 27.2. The molecular formula is C23H32F3N5O5. The van der Waals surface area contributed by atoms with E-state index in [2.05, 4.69) is 10.6 Å². The molecule has 3 rings (SSSR count). The molecule has 2 heterocycles. The van der Waals surface area contributed by atoms with Crippen LogP contribution in [0.1, 0.15) is 40.5 Å². The number of hydrogen-bond acceptors (Lipinski definition) is 6. The molecule has 10 nitrogen and oxygen atoms in total. The van der Waals surface area contributed by atoms with E-state index in [1.54, 1.807) is 12.2 Å². The highest BCUT2D eigenvalue weighted by molar-refractivity contribution is 5.95. The summed E-state index contributed by atoms with van der Waals surface area (Å²) in [5.74, 6) is -5.21. The van der Waals surface area contributed by atoms with E-state index in [4.69, 9.17) is 0 Å². The fraction of sp³-hybridized carbons (Fsp3) is 0.783. The number of aliphatic hydroxyl groups is 1. The van der Waals surface area contributed by atoms with Gasteiger partial charge in [0.15, 0.2) is 0 Å². The van der Waals surface area contributed by atoms with Crippen molar-refractivity contribution in [3.05, 3.63) is 0 Å². The summed E-state index contributed by atoms with van der Waals surface area (Å²) in [5.41, 5.74) is -1.78. The minimum absolute atomic E-state index is 0.00929. The average Bonchev–Trinajstić information content (AvgIpc) is 3.10. The van der Waals surface area contributed by atoms with Crippen LogP contribution in [0.4, 0.5) is 13.2 Å². The molecular weight excluding hydrogens is 483 g/mol. The van der Waals surface area contributed by atoms with E-state index in [0.29, 0.717) is 13.0 Å². The number of carbonyl (C=O) groups is 4. The molecule has 200 valence electrons. The van der Waals surface area contributed by atoms with Gasteiger partial charge in [-0.05, 0) is 24.2 Å². The molecule has 0 aromatic rings. The van der Waals surface area contributed by atoms with Crippen LogP contribution >= 0.6 is 0 Å².